The molecule has 3 heterocycles. The summed E-state index contributed by atoms with van der Waals surface area (Å²) in [4.78, 5) is 24.5. The summed E-state index contributed by atoms with van der Waals surface area (Å²) >= 11 is 1.42. The van der Waals surface area contributed by atoms with Crippen LogP contribution in [0.25, 0.3) is 10.7 Å². The van der Waals surface area contributed by atoms with Crippen molar-refractivity contribution < 1.29 is 9.90 Å². The molecule has 1 aliphatic heterocycles. The van der Waals surface area contributed by atoms with Crippen LogP contribution in [0.15, 0.2) is 48.7 Å². The largest absolute Gasteiger partial charge is 0.508 e. The highest BCUT2D eigenvalue weighted by molar-refractivity contribution is 7.17. The van der Waals surface area contributed by atoms with Crippen molar-refractivity contribution in [3.05, 3.63) is 64.8 Å². The molecule has 0 aliphatic carbocycles. The Bertz CT molecular complexity index is 930. The van der Waals surface area contributed by atoms with Crippen LogP contribution in [-0.4, -0.2) is 39.0 Å². The van der Waals surface area contributed by atoms with Crippen LogP contribution in [0.4, 0.5) is 0 Å². The highest BCUT2D eigenvalue weighted by Gasteiger charge is 2.27. The molecule has 0 radical (unpaired) electrons. The van der Waals surface area contributed by atoms with Gasteiger partial charge < -0.3 is 10.0 Å². The molecule has 1 aromatic carbocycles. The number of thiazole rings is 1. The zero-order valence-electron chi connectivity index (χ0n) is 15.1. The fourth-order valence-electron chi connectivity index (χ4n) is 3.50. The van der Waals surface area contributed by atoms with Gasteiger partial charge in [0, 0.05) is 19.3 Å². The van der Waals surface area contributed by atoms with E-state index in [0.717, 1.165) is 42.3 Å². The van der Waals surface area contributed by atoms with E-state index in [0.29, 0.717) is 10.8 Å². The van der Waals surface area contributed by atoms with E-state index in [-0.39, 0.29) is 11.7 Å². The van der Waals surface area contributed by atoms with E-state index in [2.05, 4.69) is 9.97 Å². The van der Waals surface area contributed by atoms with Gasteiger partial charge in [-0.05, 0) is 55.5 Å². The number of pyridine rings is 1. The summed E-state index contributed by atoms with van der Waals surface area (Å²) in [6.07, 6.45) is 3.60. The number of hydrogen-bond donors (Lipinski definition) is 1. The minimum Gasteiger partial charge on any atom is -0.508 e. The number of carbonyl (C=O) groups is 1. The lowest BCUT2D eigenvalue weighted by Gasteiger charge is -2.32. The Morgan fingerprint density at radius 3 is 2.56 bits per heavy atom. The predicted molar refractivity (Wildman–Crippen MR) is 106 cm³/mol. The van der Waals surface area contributed by atoms with Gasteiger partial charge in [-0.3, -0.25) is 9.78 Å². The molecule has 4 rings (SSSR count). The number of rotatable bonds is 3. The number of carbonyl (C=O) groups excluding carboxylic acids is 1. The van der Waals surface area contributed by atoms with Gasteiger partial charge in [0.25, 0.3) is 5.91 Å². The Hall–Kier alpha value is -2.73. The Balaban J connectivity index is 1.45. The van der Waals surface area contributed by atoms with Crippen molar-refractivity contribution in [2.24, 2.45) is 0 Å². The molecule has 27 heavy (non-hydrogen) atoms. The van der Waals surface area contributed by atoms with Crippen LogP contribution >= 0.6 is 11.3 Å². The number of benzene rings is 1. The first-order chi connectivity index (χ1) is 13.1. The smallest absolute Gasteiger partial charge is 0.265 e. The van der Waals surface area contributed by atoms with Gasteiger partial charge in [0.1, 0.15) is 15.6 Å². The summed E-state index contributed by atoms with van der Waals surface area (Å²) in [5, 5.41) is 10.2. The van der Waals surface area contributed by atoms with Crippen molar-refractivity contribution in [3.8, 4) is 16.5 Å². The molecule has 0 atom stereocenters. The van der Waals surface area contributed by atoms with Crippen molar-refractivity contribution in [1.82, 2.24) is 14.9 Å². The second kappa shape index (κ2) is 7.48. The first-order valence-corrected chi connectivity index (χ1v) is 9.90. The van der Waals surface area contributed by atoms with E-state index in [1.165, 1.54) is 16.9 Å². The third-order valence-electron chi connectivity index (χ3n) is 5.02. The van der Waals surface area contributed by atoms with Crippen LogP contribution in [0.5, 0.6) is 5.75 Å². The minimum atomic E-state index is 0.0661. The number of aromatic nitrogens is 2. The molecule has 1 fully saturated rings. The van der Waals surface area contributed by atoms with Crippen LogP contribution in [0.3, 0.4) is 0 Å². The lowest BCUT2D eigenvalue weighted by Crippen LogP contribution is -2.37. The first kappa shape index (κ1) is 17.7. The number of piperidine rings is 1. The van der Waals surface area contributed by atoms with Crippen LogP contribution in [0.1, 0.15) is 39.7 Å². The van der Waals surface area contributed by atoms with Gasteiger partial charge >= 0.3 is 0 Å². The van der Waals surface area contributed by atoms with E-state index in [1.54, 1.807) is 18.3 Å². The summed E-state index contributed by atoms with van der Waals surface area (Å²) in [5.41, 5.74) is 2.80. The fourth-order valence-corrected chi connectivity index (χ4v) is 4.51. The van der Waals surface area contributed by atoms with Crippen molar-refractivity contribution in [3.63, 3.8) is 0 Å². The van der Waals surface area contributed by atoms with Gasteiger partial charge in [0.05, 0.1) is 11.4 Å². The van der Waals surface area contributed by atoms with Gasteiger partial charge in [-0.2, -0.15) is 0 Å². The molecule has 1 N–H and O–H groups in total. The van der Waals surface area contributed by atoms with Crippen molar-refractivity contribution in [2.45, 2.75) is 25.7 Å². The second-order valence-corrected chi connectivity index (χ2v) is 7.81. The number of aryl methyl sites for hydroxylation is 1. The van der Waals surface area contributed by atoms with Crippen molar-refractivity contribution in [2.75, 3.05) is 13.1 Å². The summed E-state index contributed by atoms with van der Waals surface area (Å²) in [5.74, 6) is 0.786. The minimum absolute atomic E-state index is 0.0661. The third kappa shape index (κ3) is 3.71. The molecule has 2 aromatic heterocycles. The van der Waals surface area contributed by atoms with Gasteiger partial charge in [0.2, 0.25) is 0 Å². The monoisotopic (exact) mass is 379 g/mol. The molecule has 1 aliphatic rings. The van der Waals surface area contributed by atoms with E-state index < -0.39 is 0 Å². The maximum absolute atomic E-state index is 13.0. The molecule has 138 valence electrons. The Morgan fingerprint density at radius 2 is 1.89 bits per heavy atom. The first-order valence-electron chi connectivity index (χ1n) is 9.09. The number of aromatic hydroxyl groups is 1. The average Bonchev–Trinajstić information content (AvgIpc) is 3.10. The maximum atomic E-state index is 13.0. The number of amides is 1. The summed E-state index contributed by atoms with van der Waals surface area (Å²) in [7, 11) is 0. The van der Waals surface area contributed by atoms with Crippen LogP contribution in [-0.2, 0) is 0 Å². The Kier molecular flexibility index (Phi) is 4.90. The highest BCUT2D eigenvalue weighted by Crippen LogP contribution is 2.32. The van der Waals surface area contributed by atoms with Crippen LogP contribution in [0, 0.1) is 6.92 Å². The van der Waals surface area contributed by atoms with Crippen LogP contribution in [0.2, 0.25) is 0 Å². The van der Waals surface area contributed by atoms with Crippen LogP contribution < -0.4 is 0 Å². The Labute approximate surface area is 162 Å². The number of phenols is 1. The summed E-state index contributed by atoms with van der Waals surface area (Å²) in [6.45, 7) is 3.36. The topological polar surface area (TPSA) is 66.3 Å². The predicted octanol–water partition coefficient (Wildman–Crippen LogP) is 4.24. The zero-order valence-corrected chi connectivity index (χ0v) is 15.9. The number of likely N-dealkylation sites (tertiary alicyclic amines) is 1. The van der Waals surface area contributed by atoms with E-state index in [4.69, 9.17) is 0 Å². The summed E-state index contributed by atoms with van der Waals surface area (Å²) < 4.78 is 0. The molecule has 1 amide bonds. The molecule has 0 bridgehead atoms. The van der Waals surface area contributed by atoms with Crippen molar-refractivity contribution in [1.29, 1.82) is 0 Å². The van der Waals surface area contributed by atoms with Gasteiger partial charge in [-0.15, -0.1) is 11.3 Å². The van der Waals surface area contributed by atoms with Gasteiger partial charge in [-0.1, -0.05) is 18.2 Å². The molecule has 3 aromatic rings. The molecular weight excluding hydrogens is 358 g/mol. The normalized spacial score (nSPS) is 15.1. The number of phenolic OH excluding ortho intramolecular Hbond substituents is 1. The highest BCUT2D eigenvalue weighted by atomic mass is 32.1. The summed E-state index contributed by atoms with van der Waals surface area (Å²) in [6, 6.07) is 13.1. The maximum Gasteiger partial charge on any atom is 0.265 e. The second-order valence-electron chi connectivity index (χ2n) is 6.81. The number of nitrogens with zero attached hydrogens (tertiary/aromatic N) is 3. The third-order valence-corrected chi connectivity index (χ3v) is 6.19. The molecule has 5 nitrogen and oxygen atoms in total. The van der Waals surface area contributed by atoms with Gasteiger partial charge in [-0.25, -0.2) is 4.98 Å². The van der Waals surface area contributed by atoms with E-state index >= 15 is 0 Å². The lowest BCUT2D eigenvalue weighted by molar-refractivity contribution is 0.0717. The van der Waals surface area contributed by atoms with E-state index in [9.17, 15) is 9.90 Å². The SMILES string of the molecule is Cc1nc(-c2ccccn2)sc1C(=O)N1CCC(c2ccc(O)cc2)CC1. The molecule has 0 unspecified atom stereocenters. The average molecular weight is 379 g/mol. The zero-order chi connectivity index (χ0) is 18.8. The quantitative estimate of drug-likeness (QED) is 0.739. The molecule has 1 saturated heterocycles. The standard InChI is InChI=1S/C21H21N3O2S/c1-14-19(27-20(23-14)18-4-2-3-11-22-18)21(26)24-12-9-16(10-13-24)15-5-7-17(25)8-6-15/h2-8,11,16,25H,9-10,12-13H2,1H3. The Morgan fingerprint density at radius 1 is 1.15 bits per heavy atom. The lowest BCUT2D eigenvalue weighted by atomic mass is 9.89. The fraction of sp³-hybridized carbons (Fsp3) is 0.286. The van der Waals surface area contributed by atoms with E-state index in [1.807, 2.05) is 42.2 Å². The number of hydrogen-bond acceptors (Lipinski definition) is 5. The molecular formula is C21H21N3O2S. The van der Waals surface area contributed by atoms with Gasteiger partial charge in [0.15, 0.2) is 0 Å². The van der Waals surface area contributed by atoms with Crippen molar-refractivity contribution >= 4 is 17.2 Å². The molecule has 0 spiro atoms. The molecule has 0 saturated carbocycles. The molecule has 6 heteroatoms.